The summed E-state index contributed by atoms with van der Waals surface area (Å²) in [5, 5.41) is 0. The van der Waals surface area contributed by atoms with Gasteiger partial charge in [0.2, 0.25) is 0 Å². The molecule has 2 aliphatic rings. The van der Waals surface area contributed by atoms with Crippen molar-refractivity contribution in [1.29, 1.82) is 0 Å². The van der Waals surface area contributed by atoms with Crippen molar-refractivity contribution >= 4 is 0 Å². The average molecular weight is 204 g/mol. The van der Waals surface area contributed by atoms with Crippen LogP contribution in [-0.4, -0.2) is 19.8 Å². The van der Waals surface area contributed by atoms with Gasteiger partial charge in [0.25, 0.3) is 0 Å². The van der Waals surface area contributed by atoms with Gasteiger partial charge in [-0.15, -0.1) is 0 Å². The Morgan fingerprint density at radius 2 is 2.20 bits per heavy atom. The first-order valence-electron chi connectivity index (χ1n) is 5.64. The molecule has 2 heteroatoms. The molecule has 0 bridgehead atoms. The summed E-state index contributed by atoms with van der Waals surface area (Å²) in [5.41, 5.74) is 2.90. The zero-order chi connectivity index (χ0) is 10.3. The van der Waals surface area contributed by atoms with Gasteiger partial charge in [0.1, 0.15) is 5.75 Å². The highest BCUT2D eigenvalue weighted by Crippen LogP contribution is 2.35. The molecule has 2 nitrogen and oxygen atoms in total. The van der Waals surface area contributed by atoms with Gasteiger partial charge >= 0.3 is 0 Å². The summed E-state index contributed by atoms with van der Waals surface area (Å²) in [4.78, 5) is 0. The maximum atomic E-state index is 5.75. The van der Waals surface area contributed by atoms with E-state index in [0.717, 1.165) is 24.7 Å². The van der Waals surface area contributed by atoms with Crippen LogP contribution in [0.15, 0.2) is 18.2 Å². The van der Waals surface area contributed by atoms with E-state index in [1.165, 1.54) is 24.0 Å². The quantitative estimate of drug-likeness (QED) is 0.698. The Balaban J connectivity index is 1.93. The van der Waals surface area contributed by atoms with Crippen LogP contribution < -0.4 is 4.74 Å². The second-order valence-electron chi connectivity index (χ2n) is 4.50. The molecule has 1 heterocycles. The predicted molar refractivity (Wildman–Crippen MR) is 58.2 cm³/mol. The van der Waals surface area contributed by atoms with Crippen LogP contribution in [0.4, 0.5) is 0 Å². The smallest absolute Gasteiger partial charge is 0.119 e. The van der Waals surface area contributed by atoms with Gasteiger partial charge in [0.05, 0.1) is 13.2 Å². The zero-order valence-electron chi connectivity index (χ0n) is 9.03. The second-order valence-corrected chi connectivity index (χ2v) is 4.50. The Bertz CT molecular complexity index is 373. The fraction of sp³-hybridized carbons (Fsp3) is 0.538. The highest BCUT2D eigenvalue weighted by atomic mass is 16.5. The van der Waals surface area contributed by atoms with Gasteiger partial charge in [-0.25, -0.2) is 0 Å². The summed E-state index contributed by atoms with van der Waals surface area (Å²) >= 11 is 0. The third kappa shape index (κ3) is 1.53. The van der Waals surface area contributed by atoms with E-state index in [9.17, 15) is 0 Å². The van der Waals surface area contributed by atoms with Crippen molar-refractivity contribution in [2.24, 2.45) is 5.92 Å². The van der Waals surface area contributed by atoms with E-state index in [1.54, 1.807) is 7.11 Å². The molecule has 0 unspecified atom stereocenters. The van der Waals surface area contributed by atoms with Crippen LogP contribution in [-0.2, 0) is 17.6 Å². The molecule has 0 aromatic heterocycles. The molecular weight excluding hydrogens is 188 g/mol. The Morgan fingerprint density at radius 3 is 3.07 bits per heavy atom. The molecule has 0 N–H and O–H groups in total. The third-order valence-electron chi connectivity index (χ3n) is 3.66. The Hall–Kier alpha value is -1.02. The lowest BCUT2D eigenvalue weighted by Crippen LogP contribution is -2.26. The summed E-state index contributed by atoms with van der Waals surface area (Å²) < 4.78 is 11.0. The third-order valence-corrected chi connectivity index (χ3v) is 3.66. The largest absolute Gasteiger partial charge is 0.497 e. The maximum Gasteiger partial charge on any atom is 0.119 e. The number of hydrogen-bond donors (Lipinski definition) is 0. The first-order chi connectivity index (χ1) is 7.36. The molecule has 1 aromatic carbocycles. The molecule has 80 valence electrons. The van der Waals surface area contributed by atoms with Crippen molar-refractivity contribution in [3.63, 3.8) is 0 Å². The fourth-order valence-corrected chi connectivity index (χ4v) is 2.77. The first kappa shape index (κ1) is 9.22. The summed E-state index contributed by atoms with van der Waals surface area (Å²) in [5.74, 6) is 1.72. The average Bonchev–Trinajstić information content (AvgIpc) is 2.72. The normalized spacial score (nSPS) is 28.3. The molecule has 15 heavy (non-hydrogen) atoms. The van der Waals surface area contributed by atoms with E-state index >= 15 is 0 Å². The predicted octanol–water partition coefficient (Wildman–Crippen LogP) is 2.20. The molecule has 1 aliphatic carbocycles. The van der Waals surface area contributed by atoms with Crippen LogP contribution in [0, 0.1) is 5.92 Å². The van der Waals surface area contributed by atoms with Crippen molar-refractivity contribution in [3.8, 4) is 5.75 Å². The minimum Gasteiger partial charge on any atom is -0.497 e. The highest BCUT2D eigenvalue weighted by molar-refractivity contribution is 5.38. The standard InChI is InChI=1S/C13H16O2/c1-14-12-3-2-9-6-10-4-5-15-13(10)8-11(9)7-12/h2-3,7,10,13H,4-6,8H2,1H3/t10-,13-/m0/s1. The SMILES string of the molecule is COc1ccc2c(c1)C[C@@H]1OCC[C@H]1C2. The molecule has 0 saturated carbocycles. The van der Waals surface area contributed by atoms with E-state index in [0.29, 0.717) is 6.10 Å². The van der Waals surface area contributed by atoms with Crippen LogP contribution in [0.2, 0.25) is 0 Å². The zero-order valence-corrected chi connectivity index (χ0v) is 9.03. The summed E-state index contributed by atoms with van der Waals surface area (Å²) in [6, 6.07) is 6.44. The van der Waals surface area contributed by atoms with Crippen LogP contribution in [0.1, 0.15) is 17.5 Å². The number of benzene rings is 1. The van der Waals surface area contributed by atoms with Crippen molar-refractivity contribution < 1.29 is 9.47 Å². The number of ether oxygens (including phenoxy) is 2. The Morgan fingerprint density at radius 1 is 1.27 bits per heavy atom. The fourth-order valence-electron chi connectivity index (χ4n) is 2.77. The molecule has 0 radical (unpaired) electrons. The lowest BCUT2D eigenvalue weighted by molar-refractivity contribution is 0.0862. The van der Waals surface area contributed by atoms with E-state index in [-0.39, 0.29) is 0 Å². The molecule has 3 rings (SSSR count). The van der Waals surface area contributed by atoms with E-state index < -0.39 is 0 Å². The van der Waals surface area contributed by atoms with E-state index in [4.69, 9.17) is 9.47 Å². The lowest BCUT2D eigenvalue weighted by atomic mass is 9.81. The number of fused-ring (bicyclic) bond motifs is 2. The second kappa shape index (κ2) is 3.53. The van der Waals surface area contributed by atoms with Gasteiger partial charge in [-0.1, -0.05) is 6.07 Å². The number of hydrogen-bond acceptors (Lipinski definition) is 2. The summed E-state index contributed by atoms with van der Waals surface area (Å²) in [6.45, 7) is 0.945. The molecule has 1 fully saturated rings. The number of methoxy groups -OCH3 is 1. The van der Waals surface area contributed by atoms with Crippen molar-refractivity contribution in [3.05, 3.63) is 29.3 Å². The van der Waals surface area contributed by atoms with Gasteiger partial charge in [-0.3, -0.25) is 0 Å². The van der Waals surface area contributed by atoms with Gasteiger partial charge in [0.15, 0.2) is 0 Å². The molecule has 1 saturated heterocycles. The Labute approximate surface area is 90.2 Å². The van der Waals surface area contributed by atoms with Crippen LogP contribution in [0.25, 0.3) is 0 Å². The lowest BCUT2D eigenvalue weighted by Gasteiger charge is -2.26. The summed E-state index contributed by atoms with van der Waals surface area (Å²) in [6.07, 6.45) is 3.95. The maximum absolute atomic E-state index is 5.75. The van der Waals surface area contributed by atoms with E-state index in [2.05, 4.69) is 18.2 Å². The van der Waals surface area contributed by atoms with Gasteiger partial charge in [0, 0.05) is 6.61 Å². The van der Waals surface area contributed by atoms with Gasteiger partial charge < -0.3 is 9.47 Å². The first-order valence-corrected chi connectivity index (χ1v) is 5.64. The minimum atomic E-state index is 0.463. The van der Waals surface area contributed by atoms with Crippen LogP contribution in [0.5, 0.6) is 5.75 Å². The molecule has 1 aromatic rings. The van der Waals surface area contributed by atoms with Gasteiger partial charge in [-0.2, -0.15) is 0 Å². The molecule has 0 amide bonds. The van der Waals surface area contributed by atoms with Crippen molar-refractivity contribution in [2.75, 3.05) is 13.7 Å². The monoisotopic (exact) mass is 204 g/mol. The van der Waals surface area contributed by atoms with E-state index in [1.807, 2.05) is 0 Å². The van der Waals surface area contributed by atoms with Crippen LogP contribution >= 0.6 is 0 Å². The number of rotatable bonds is 1. The molecule has 0 spiro atoms. The molecule has 1 aliphatic heterocycles. The van der Waals surface area contributed by atoms with Gasteiger partial charge in [-0.05, 0) is 48.4 Å². The summed E-state index contributed by atoms with van der Waals surface area (Å²) in [7, 11) is 1.72. The highest BCUT2D eigenvalue weighted by Gasteiger charge is 2.33. The molecule has 2 atom stereocenters. The van der Waals surface area contributed by atoms with Crippen molar-refractivity contribution in [1.82, 2.24) is 0 Å². The minimum absolute atomic E-state index is 0.463. The topological polar surface area (TPSA) is 18.5 Å². The Kier molecular flexibility index (Phi) is 2.17. The molecular formula is C13H16O2. The van der Waals surface area contributed by atoms with Crippen LogP contribution in [0.3, 0.4) is 0 Å². The van der Waals surface area contributed by atoms with Crippen molar-refractivity contribution in [2.45, 2.75) is 25.4 Å².